The highest BCUT2D eigenvalue weighted by atomic mass is 16.2. The Bertz CT molecular complexity index is 1510. The third-order valence-electron chi connectivity index (χ3n) is 6.81. The molecule has 1 aliphatic heterocycles. The van der Waals surface area contributed by atoms with Gasteiger partial charge in [0, 0.05) is 67.3 Å². The number of nitrogens with zero attached hydrogens (tertiary/aromatic N) is 5. The summed E-state index contributed by atoms with van der Waals surface area (Å²) in [5.74, 6) is 1.13. The van der Waals surface area contributed by atoms with Crippen molar-refractivity contribution in [1.82, 2.24) is 29.5 Å². The number of nitrogens with one attached hydrogen (secondary N) is 2. The molecule has 6 rings (SSSR count). The number of benzene rings is 1. The average molecular weight is 463 g/mol. The van der Waals surface area contributed by atoms with Gasteiger partial charge >= 0.3 is 0 Å². The zero-order valence-corrected chi connectivity index (χ0v) is 19.6. The van der Waals surface area contributed by atoms with E-state index < -0.39 is 0 Å². The molecule has 1 atom stereocenters. The van der Waals surface area contributed by atoms with E-state index in [1.54, 1.807) is 6.20 Å². The molecule has 0 radical (unpaired) electrons. The van der Waals surface area contributed by atoms with Gasteiger partial charge in [-0.25, -0.2) is 4.98 Å². The van der Waals surface area contributed by atoms with Gasteiger partial charge in [-0.3, -0.25) is 9.78 Å². The molecule has 8 nitrogen and oxygen atoms in total. The van der Waals surface area contributed by atoms with E-state index in [4.69, 9.17) is 4.98 Å². The molecule has 5 aromatic rings. The van der Waals surface area contributed by atoms with Crippen LogP contribution in [0.15, 0.2) is 67.3 Å². The molecule has 1 unspecified atom stereocenters. The van der Waals surface area contributed by atoms with Crippen molar-refractivity contribution in [2.24, 2.45) is 0 Å². The lowest BCUT2D eigenvalue weighted by Crippen LogP contribution is -2.39. The second kappa shape index (κ2) is 8.90. The number of pyridine rings is 1. The summed E-state index contributed by atoms with van der Waals surface area (Å²) in [6.45, 7) is 2.05. The fourth-order valence-corrected chi connectivity index (χ4v) is 4.94. The molecule has 9 heteroatoms. The summed E-state index contributed by atoms with van der Waals surface area (Å²) in [5, 5.41) is 9.01. The van der Waals surface area contributed by atoms with Crippen LogP contribution >= 0.6 is 0 Å². The fraction of sp³-hybridized carbons (Fsp3) is 0.231. The van der Waals surface area contributed by atoms with Crippen LogP contribution in [-0.2, 0) is 6.54 Å². The summed E-state index contributed by atoms with van der Waals surface area (Å²) in [5.41, 5.74) is 5.67. The second-order valence-corrected chi connectivity index (χ2v) is 9.18. The van der Waals surface area contributed by atoms with Gasteiger partial charge in [-0.15, -0.1) is 0 Å². The third kappa shape index (κ3) is 4.03. The second-order valence-electron chi connectivity index (χ2n) is 9.18. The lowest BCUT2D eigenvalue weighted by atomic mass is 9.93. The highest BCUT2D eigenvalue weighted by Gasteiger charge is 2.28. The highest BCUT2D eigenvalue weighted by molar-refractivity contribution is 6.36. The lowest BCUT2D eigenvalue weighted by Gasteiger charge is -2.32. The van der Waals surface area contributed by atoms with Gasteiger partial charge in [0.15, 0.2) is 5.65 Å². The molecule has 1 aliphatic rings. The normalized spacial score (nSPS) is 16.1. The van der Waals surface area contributed by atoms with E-state index in [1.165, 1.54) is 0 Å². The molecular formula is C26H26BN7O. The van der Waals surface area contributed by atoms with Crippen molar-refractivity contribution in [3.05, 3.63) is 84.1 Å². The predicted molar refractivity (Wildman–Crippen MR) is 139 cm³/mol. The van der Waals surface area contributed by atoms with Crippen LogP contribution < -0.4 is 10.8 Å². The van der Waals surface area contributed by atoms with Crippen molar-refractivity contribution in [2.75, 3.05) is 18.4 Å². The molecule has 0 bridgehead atoms. The molecule has 174 valence electrons. The maximum absolute atomic E-state index is 13.5. The standard InChI is InChI=1S/C26H26BN7O/c27-21-15-31-34-24(30-13-17-5-3-9-28-12-17)11-23(32-25(21)34)18-6-4-10-33(16-18)26(35)20-14-29-22-8-2-1-7-19(20)22/h1-3,5,7-9,11-12,14-15,18,29-30H,4,6,10,13,16,27H2. The third-order valence-corrected chi connectivity index (χ3v) is 6.81. The van der Waals surface area contributed by atoms with Crippen molar-refractivity contribution in [2.45, 2.75) is 25.3 Å². The smallest absolute Gasteiger partial charge is 0.256 e. The number of rotatable bonds is 5. The summed E-state index contributed by atoms with van der Waals surface area (Å²) in [7, 11) is 2.03. The van der Waals surface area contributed by atoms with Gasteiger partial charge in [0.05, 0.1) is 11.3 Å². The van der Waals surface area contributed by atoms with Crippen LogP contribution in [0.1, 0.15) is 40.4 Å². The van der Waals surface area contributed by atoms with Crippen molar-refractivity contribution in [3.63, 3.8) is 0 Å². The number of amides is 1. The van der Waals surface area contributed by atoms with E-state index in [0.29, 0.717) is 13.1 Å². The lowest BCUT2D eigenvalue weighted by molar-refractivity contribution is 0.0708. The van der Waals surface area contributed by atoms with Gasteiger partial charge in [-0.05, 0) is 36.0 Å². The monoisotopic (exact) mass is 463 g/mol. The summed E-state index contributed by atoms with van der Waals surface area (Å²) in [6, 6.07) is 14.0. The number of aromatic amines is 1. The Labute approximate surface area is 203 Å². The molecule has 0 saturated carbocycles. The van der Waals surface area contributed by atoms with Gasteiger partial charge in [-0.1, -0.05) is 24.3 Å². The first kappa shape index (κ1) is 21.4. The Balaban J connectivity index is 1.28. The zero-order valence-electron chi connectivity index (χ0n) is 19.6. The van der Waals surface area contributed by atoms with E-state index in [0.717, 1.165) is 64.0 Å². The van der Waals surface area contributed by atoms with Crippen LogP contribution in [0.2, 0.25) is 0 Å². The van der Waals surface area contributed by atoms with Crippen molar-refractivity contribution in [3.8, 4) is 0 Å². The number of carbonyl (C=O) groups is 1. The number of piperidine rings is 1. The topological polar surface area (TPSA) is 91.2 Å². The number of para-hydroxylation sites is 1. The summed E-state index contributed by atoms with van der Waals surface area (Å²) in [4.78, 5) is 27.8. The molecule has 2 N–H and O–H groups in total. The quantitative estimate of drug-likeness (QED) is 0.391. The van der Waals surface area contributed by atoms with Gasteiger partial charge in [0.2, 0.25) is 0 Å². The summed E-state index contributed by atoms with van der Waals surface area (Å²) in [6.07, 6.45) is 9.25. The first-order valence-corrected chi connectivity index (χ1v) is 12.0. The van der Waals surface area contributed by atoms with Crippen LogP contribution in [0, 0.1) is 0 Å². The molecule has 35 heavy (non-hydrogen) atoms. The van der Waals surface area contributed by atoms with Crippen molar-refractivity contribution in [1.29, 1.82) is 0 Å². The Kier molecular flexibility index (Phi) is 5.44. The van der Waals surface area contributed by atoms with E-state index in [1.807, 2.05) is 72.3 Å². The predicted octanol–water partition coefficient (Wildman–Crippen LogP) is 2.50. The molecular weight excluding hydrogens is 437 g/mol. The number of likely N-dealkylation sites (tertiary alicyclic amines) is 1. The number of hydrogen-bond acceptors (Lipinski definition) is 5. The highest BCUT2D eigenvalue weighted by Crippen LogP contribution is 2.30. The zero-order chi connectivity index (χ0) is 23.8. The van der Waals surface area contributed by atoms with Crippen LogP contribution in [0.5, 0.6) is 0 Å². The minimum Gasteiger partial charge on any atom is -0.366 e. The summed E-state index contributed by atoms with van der Waals surface area (Å²) >= 11 is 0. The van der Waals surface area contributed by atoms with Gasteiger partial charge in [-0.2, -0.15) is 9.61 Å². The number of anilines is 1. The number of hydrogen-bond donors (Lipinski definition) is 2. The number of aromatic nitrogens is 5. The van der Waals surface area contributed by atoms with Crippen LogP contribution in [0.3, 0.4) is 0 Å². The van der Waals surface area contributed by atoms with Crippen molar-refractivity contribution >= 4 is 41.6 Å². The van der Waals surface area contributed by atoms with Gasteiger partial charge in [0.25, 0.3) is 5.91 Å². The van der Waals surface area contributed by atoms with E-state index in [2.05, 4.69) is 26.4 Å². The number of H-pyrrole nitrogens is 1. The average Bonchev–Trinajstić information content (AvgIpc) is 3.51. The molecule has 1 amide bonds. The van der Waals surface area contributed by atoms with Crippen LogP contribution in [0.25, 0.3) is 16.6 Å². The molecule has 0 spiro atoms. The first-order chi connectivity index (χ1) is 17.2. The van der Waals surface area contributed by atoms with Gasteiger partial charge < -0.3 is 15.2 Å². The SMILES string of the molecule is Bc1cnn2c(NCc3cccnc3)cc(C3CCCN(C(=O)c4c[nH]c5ccccc45)C3)nc12. The van der Waals surface area contributed by atoms with E-state index in [-0.39, 0.29) is 11.8 Å². The number of carbonyl (C=O) groups excluding carboxylic acids is 1. The van der Waals surface area contributed by atoms with Gasteiger partial charge in [0.1, 0.15) is 13.7 Å². The van der Waals surface area contributed by atoms with Crippen molar-refractivity contribution < 1.29 is 4.79 Å². The Morgan fingerprint density at radius 1 is 1.20 bits per heavy atom. The molecule has 4 aromatic heterocycles. The number of fused-ring (bicyclic) bond motifs is 2. The Morgan fingerprint density at radius 3 is 3.00 bits per heavy atom. The molecule has 0 aliphatic carbocycles. The Morgan fingerprint density at radius 2 is 2.11 bits per heavy atom. The fourth-order valence-electron chi connectivity index (χ4n) is 4.94. The van der Waals surface area contributed by atoms with Crippen LogP contribution in [0.4, 0.5) is 5.82 Å². The van der Waals surface area contributed by atoms with Crippen LogP contribution in [-0.4, -0.2) is 56.3 Å². The molecule has 1 aromatic carbocycles. The molecule has 5 heterocycles. The molecule has 1 fully saturated rings. The molecule has 1 saturated heterocycles. The first-order valence-electron chi connectivity index (χ1n) is 12.0. The minimum atomic E-state index is 0.0729. The van der Waals surface area contributed by atoms with E-state index in [9.17, 15) is 4.79 Å². The Hall–Kier alpha value is -4.14. The van der Waals surface area contributed by atoms with E-state index >= 15 is 0 Å². The maximum Gasteiger partial charge on any atom is 0.256 e. The minimum absolute atomic E-state index is 0.0729. The largest absolute Gasteiger partial charge is 0.366 e. The summed E-state index contributed by atoms with van der Waals surface area (Å²) < 4.78 is 1.85. The maximum atomic E-state index is 13.5.